The number of nitrogens with one attached hydrogen (secondary N) is 1. The molecule has 0 atom stereocenters. The van der Waals surface area contributed by atoms with Gasteiger partial charge in [0.25, 0.3) is 0 Å². The van der Waals surface area contributed by atoms with Gasteiger partial charge in [0, 0.05) is 37.6 Å². The van der Waals surface area contributed by atoms with Gasteiger partial charge in [-0.3, -0.25) is 9.59 Å². The monoisotopic (exact) mass is 419 g/mol. The molecular formula is C24H25N3O2S. The van der Waals surface area contributed by atoms with E-state index < -0.39 is 0 Å². The third-order valence-corrected chi connectivity index (χ3v) is 6.16. The summed E-state index contributed by atoms with van der Waals surface area (Å²) in [5, 5.41) is 5.15. The van der Waals surface area contributed by atoms with Crippen molar-refractivity contribution < 1.29 is 9.59 Å². The third-order valence-electron chi connectivity index (χ3n) is 5.25. The number of carbonyl (C=O) groups excluding carboxylic acids is 2. The van der Waals surface area contributed by atoms with Crippen molar-refractivity contribution in [2.24, 2.45) is 0 Å². The summed E-state index contributed by atoms with van der Waals surface area (Å²) < 4.78 is 0. The van der Waals surface area contributed by atoms with Crippen LogP contribution in [-0.4, -0.2) is 54.4 Å². The largest absolute Gasteiger partial charge is 0.368 e. The predicted octanol–water partition coefficient (Wildman–Crippen LogP) is 3.86. The van der Waals surface area contributed by atoms with Crippen molar-refractivity contribution >= 4 is 45.7 Å². The van der Waals surface area contributed by atoms with Gasteiger partial charge in [-0.2, -0.15) is 0 Å². The molecule has 3 aromatic carbocycles. The number of carbonyl (C=O) groups is 2. The Kier molecular flexibility index (Phi) is 6.54. The second-order valence-electron chi connectivity index (χ2n) is 7.31. The van der Waals surface area contributed by atoms with E-state index in [-0.39, 0.29) is 17.6 Å². The van der Waals surface area contributed by atoms with Crippen molar-refractivity contribution in [1.82, 2.24) is 4.90 Å². The number of anilines is 2. The van der Waals surface area contributed by atoms with Crippen molar-refractivity contribution in [3.63, 3.8) is 0 Å². The van der Waals surface area contributed by atoms with Gasteiger partial charge in [-0.1, -0.05) is 48.5 Å². The third kappa shape index (κ3) is 5.13. The molecular weight excluding hydrogens is 394 g/mol. The molecule has 0 saturated carbocycles. The molecule has 0 bridgehead atoms. The molecule has 0 aromatic heterocycles. The highest BCUT2D eigenvalue weighted by atomic mass is 32.2. The minimum Gasteiger partial charge on any atom is -0.368 e. The van der Waals surface area contributed by atoms with Gasteiger partial charge in [-0.05, 0) is 35.0 Å². The SMILES string of the molecule is O=C(CSCC(=O)N1CCN(c2ccccc2)CC1)Nc1ccc2ccccc2c1. The number of thioether (sulfide) groups is 1. The van der Waals surface area contributed by atoms with E-state index in [1.807, 2.05) is 65.6 Å². The average molecular weight is 420 g/mol. The number of para-hydroxylation sites is 1. The first-order valence-electron chi connectivity index (χ1n) is 10.1. The zero-order valence-electron chi connectivity index (χ0n) is 16.8. The van der Waals surface area contributed by atoms with Gasteiger partial charge in [0.1, 0.15) is 0 Å². The number of rotatable bonds is 6. The number of hydrogen-bond donors (Lipinski definition) is 1. The summed E-state index contributed by atoms with van der Waals surface area (Å²) in [7, 11) is 0. The van der Waals surface area contributed by atoms with E-state index in [9.17, 15) is 9.59 Å². The van der Waals surface area contributed by atoms with Gasteiger partial charge >= 0.3 is 0 Å². The second kappa shape index (κ2) is 9.67. The predicted molar refractivity (Wildman–Crippen MR) is 125 cm³/mol. The number of fused-ring (bicyclic) bond motifs is 1. The molecule has 0 unspecified atom stereocenters. The van der Waals surface area contributed by atoms with Crippen LogP contribution in [-0.2, 0) is 9.59 Å². The van der Waals surface area contributed by atoms with Crippen LogP contribution < -0.4 is 10.2 Å². The molecule has 4 rings (SSSR count). The lowest BCUT2D eigenvalue weighted by Gasteiger charge is -2.36. The summed E-state index contributed by atoms with van der Waals surface area (Å²) in [5.74, 6) is 0.613. The molecule has 30 heavy (non-hydrogen) atoms. The van der Waals surface area contributed by atoms with Crippen LogP contribution in [0.3, 0.4) is 0 Å². The first kappa shape index (κ1) is 20.3. The van der Waals surface area contributed by atoms with Gasteiger partial charge in [-0.15, -0.1) is 11.8 Å². The molecule has 1 heterocycles. The van der Waals surface area contributed by atoms with Gasteiger partial charge in [-0.25, -0.2) is 0 Å². The highest BCUT2D eigenvalue weighted by Crippen LogP contribution is 2.19. The maximum absolute atomic E-state index is 12.5. The summed E-state index contributed by atoms with van der Waals surface area (Å²) in [4.78, 5) is 28.9. The summed E-state index contributed by atoms with van der Waals surface area (Å²) >= 11 is 1.37. The summed E-state index contributed by atoms with van der Waals surface area (Å²) in [5.41, 5.74) is 1.98. The molecule has 6 heteroatoms. The van der Waals surface area contributed by atoms with E-state index in [0.717, 1.165) is 42.6 Å². The van der Waals surface area contributed by atoms with Gasteiger partial charge in [0.2, 0.25) is 11.8 Å². The van der Waals surface area contributed by atoms with E-state index in [1.165, 1.54) is 17.4 Å². The Balaban J connectivity index is 1.19. The van der Waals surface area contributed by atoms with Crippen molar-refractivity contribution in [3.8, 4) is 0 Å². The van der Waals surface area contributed by atoms with E-state index >= 15 is 0 Å². The minimum absolute atomic E-state index is 0.0861. The highest BCUT2D eigenvalue weighted by molar-refractivity contribution is 8.00. The molecule has 0 spiro atoms. The topological polar surface area (TPSA) is 52.7 Å². The van der Waals surface area contributed by atoms with Gasteiger partial charge in [0.05, 0.1) is 11.5 Å². The van der Waals surface area contributed by atoms with Crippen molar-refractivity contribution in [3.05, 3.63) is 72.8 Å². The Bertz CT molecular complexity index is 1020. The van der Waals surface area contributed by atoms with Gasteiger partial charge < -0.3 is 15.1 Å². The zero-order chi connectivity index (χ0) is 20.8. The Morgan fingerprint density at radius 2 is 1.50 bits per heavy atom. The Morgan fingerprint density at radius 1 is 0.800 bits per heavy atom. The van der Waals surface area contributed by atoms with Gasteiger partial charge in [0.15, 0.2) is 0 Å². The number of benzene rings is 3. The Morgan fingerprint density at radius 3 is 2.27 bits per heavy atom. The van der Waals surface area contributed by atoms with Crippen LogP contribution in [0.4, 0.5) is 11.4 Å². The summed E-state index contributed by atoms with van der Waals surface area (Å²) in [6.07, 6.45) is 0. The van der Waals surface area contributed by atoms with Crippen LogP contribution >= 0.6 is 11.8 Å². The lowest BCUT2D eigenvalue weighted by molar-refractivity contribution is -0.128. The molecule has 1 aliphatic heterocycles. The Hall–Kier alpha value is -2.99. The van der Waals surface area contributed by atoms with Crippen molar-refractivity contribution in [1.29, 1.82) is 0 Å². The molecule has 2 amide bonds. The molecule has 1 N–H and O–H groups in total. The molecule has 3 aromatic rings. The first-order chi connectivity index (χ1) is 14.7. The first-order valence-corrected chi connectivity index (χ1v) is 11.3. The maximum atomic E-state index is 12.5. The molecule has 1 fully saturated rings. The zero-order valence-corrected chi connectivity index (χ0v) is 17.6. The fraction of sp³-hybridized carbons (Fsp3) is 0.250. The molecule has 0 aliphatic carbocycles. The average Bonchev–Trinajstić information content (AvgIpc) is 2.79. The van der Waals surface area contributed by atoms with E-state index in [2.05, 4.69) is 22.3 Å². The van der Waals surface area contributed by atoms with Crippen molar-refractivity contribution in [2.75, 3.05) is 47.9 Å². The van der Waals surface area contributed by atoms with Crippen LogP contribution in [0, 0.1) is 0 Å². The minimum atomic E-state index is -0.0861. The lowest BCUT2D eigenvalue weighted by atomic mass is 10.1. The fourth-order valence-electron chi connectivity index (χ4n) is 3.64. The smallest absolute Gasteiger partial charge is 0.234 e. The van der Waals surface area contributed by atoms with Crippen LogP contribution in [0.1, 0.15) is 0 Å². The number of piperazine rings is 1. The maximum Gasteiger partial charge on any atom is 0.234 e. The standard InChI is InChI=1S/C24H25N3O2S/c28-23(25-21-11-10-19-6-4-5-7-20(19)16-21)17-30-18-24(29)27-14-12-26(13-15-27)22-8-2-1-3-9-22/h1-11,16H,12-15,17-18H2,(H,25,28). The number of hydrogen-bond acceptors (Lipinski definition) is 4. The van der Waals surface area contributed by atoms with Crippen LogP contribution in [0.5, 0.6) is 0 Å². The molecule has 1 saturated heterocycles. The summed E-state index contributed by atoms with van der Waals surface area (Å²) in [6.45, 7) is 3.11. The quantitative estimate of drug-likeness (QED) is 0.659. The second-order valence-corrected chi connectivity index (χ2v) is 8.29. The van der Waals surface area contributed by atoms with Crippen molar-refractivity contribution in [2.45, 2.75) is 0 Å². The highest BCUT2D eigenvalue weighted by Gasteiger charge is 2.21. The Labute approximate surface area is 181 Å². The number of nitrogens with zero attached hydrogens (tertiary/aromatic N) is 2. The normalized spacial score (nSPS) is 14.0. The summed E-state index contributed by atoms with van der Waals surface area (Å²) in [6, 6.07) is 24.2. The van der Waals surface area contributed by atoms with E-state index in [4.69, 9.17) is 0 Å². The van der Waals surface area contributed by atoms with E-state index in [0.29, 0.717) is 5.75 Å². The van der Waals surface area contributed by atoms with Crippen LogP contribution in [0.25, 0.3) is 10.8 Å². The lowest BCUT2D eigenvalue weighted by Crippen LogP contribution is -2.49. The number of amides is 2. The van der Waals surface area contributed by atoms with Crippen LogP contribution in [0.2, 0.25) is 0 Å². The van der Waals surface area contributed by atoms with Crippen LogP contribution in [0.15, 0.2) is 72.8 Å². The fourth-order valence-corrected chi connectivity index (χ4v) is 4.36. The van der Waals surface area contributed by atoms with E-state index in [1.54, 1.807) is 0 Å². The molecule has 5 nitrogen and oxygen atoms in total. The molecule has 1 aliphatic rings. The molecule has 0 radical (unpaired) electrons. The molecule has 154 valence electrons.